The molecule has 1 aromatic rings. The fraction of sp³-hybridized carbons (Fsp3) is 0.500. The summed E-state index contributed by atoms with van der Waals surface area (Å²) in [7, 11) is 0. The highest BCUT2D eigenvalue weighted by atomic mass is 35.5. The number of hydrogen-bond acceptors (Lipinski definition) is 1. The molecular weight excluding hydrogens is 248 g/mol. The van der Waals surface area contributed by atoms with Crippen molar-refractivity contribution < 1.29 is 4.39 Å². The van der Waals surface area contributed by atoms with E-state index in [2.05, 4.69) is 19.2 Å². The van der Waals surface area contributed by atoms with E-state index < -0.39 is 0 Å². The van der Waals surface area contributed by atoms with Crippen molar-refractivity contribution in [2.45, 2.75) is 26.4 Å². The molecule has 1 nitrogen and oxygen atoms in total. The van der Waals surface area contributed by atoms with Gasteiger partial charge in [-0.15, -0.1) is 11.6 Å². The van der Waals surface area contributed by atoms with E-state index in [0.29, 0.717) is 18.3 Å². The molecule has 4 heteroatoms. The number of benzene rings is 1. The zero-order valence-electron chi connectivity index (χ0n) is 9.43. The molecule has 0 aliphatic heterocycles. The first-order valence-corrected chi connectivity index (χ1v) is 6.19. The van der Waals surface area contributed by atoms with Crippen LogP contribution in [0, 0.1) is 11.7 Å². The van der Waals surface area contributed by atoms with Gasteiger partial charge in [0.1, 0.15) is 5.82 Å². The molecule has 0 saturated heterocycles. The molecule has 0 bridgehead atoms. The number of alkyl halides is 1. The van der Waals surface area contributed by atoms with E-state index in [4.69, 9.17) is 23.2 Å². The van der Waals surface area contributed by atoms with Gasteiger partial charge in [-0.2, -0.15) is 0 Å². The number of halogens is 3. The maximum Gasteiger partial charge on any atom is 0.141 e. The predicted molar refractivity (Wildman–Crippen MR) is 67.6 cm³/mol. The molecule has 0 aliphatic carbocycles. The van der Waals surface area contributed by atoms with Crippen molar-refractivity contribution in [2.24, 2.45) is 5.92 Å². The van der Waals surface area contributed by atoms with Crippen molar-refractivity contribution in [1.29, 1.82) is 0 Å². The highest BCUT2D eigenvalue weighted by molar-refractivity contribution is 6.30. The minimum Gasteiger partial charge on any atom is -0.308 e. The Labute approximate surface area is 106 Å². The number of hydrogen-bond donors (Lipinski definition) is 1. The molecule has 1 atom stereocenters. The van der Waals surface area contributed by atoms with Gasteiger partial charge in [0.15, 0.2) is 0 Å². The molecule has 0 spiro atoms. The highest BCUT2D eigenvalue weighted by Gasteiger charge is 2.11. The topological polar surface area (TPSA) is 12.0 Å². The quantitative estimate of drug-likeness (QED) is 0.797. The summed E-state index contributed by atoms with van der Waals surface area (Å²) in [6.07, 6.45) is 0. The standard InChI is InChI=1S/C12H16Cl2FN/c1-8(2)12(6-13)16-7-9-3-4-11(15)10(14)5-9/h3-5,8,12,16H,6-7H2,1-2H3. The van der Waals surface area contributed by atoms with Gasteiger partial charge in [0.25, 0.3) is 0 Å². The molecule has 0 saturated carbocycles. The summed E-state index contributed by atoms with van der Waals surface area (Å²) in [6.45, 7) is 4.87. The first kappa shape index (κ1) is 13.8. The number of nitrogens with one attached hydrogen (secondary N) is 1. The van der Waals surface area contributed by atoms with E-state index in [-0.39, 0.29) is 16.9 Å². The Morgan fingerprint density at radius 2 is 2.06 bits per heavy atom. The summed E-state index contributed by atoms with van der Waals surface area (Å²) in [5.74, 6) is 0.642. The summed E-state index contributed by atoms with van der Waals surface area (Å²) in [4.78, 5) is 0. The molecule has 90 valence electrons. The normalized spacial score (nSPS) is 13.1. The van der Waals surface area contributed by atoms with Gasteiger partial charge in [-0.25, -0.2) is 4.39 Å². The van der Waals surface area contributed by atoms with E-state index in [1.54, 1.807) is 12.1 Å². The molecule has 16 heavy (non-hydrogen) atoms. The highest BCUT2D eigenvalue weighted by Crippen LogP contribution is 2.16. The van der Waals surface area contributed by atoms with Gasteiger partial charge in [-0.05, 0) is 23.6 Å². The lowest BCUT2D eigenvalue weighted by molar-refractivity contribution is 0.430. The lowest BCUT2D eigenvalue weighted by atomic mass is 10.1. The Morgan fingerprint density at radius 1 is 1.38 bits per heavy atom. The van der Waals surface area contributed by atoms with Crippen LogP contribution in [-0.4, -0.2) is 11.9 Å². The fourth-order valence-electron chi connectivity index (χ4n) is 1.37. The summed E-state index contributed by atoms with van der Waals surface area (Å²) in [5, 5.41) is 3.48. The molecule has 0 amide bonds. The summed E-state index contributed by atoms with van der Waals surface area (Å²) < 4.78 is 12.9. The minimum atomic E-state index is -0.386. The van der Waals surface area contributed by atoms with Crippen molar-refractivity contribution in [2.75, 3.05) is 5.88 Å². The summed E-state index contributed by atoms with van der Waals surface area (Å²) in [6, 6.07) is 4.99. The van der Waals surface area contributed by atoms with Crippen molar-refractivity contribution in [3.05, 3.63) is 34.6 Å². The third-order valence-corrected chi connectivity index (χ3v) is 3.15. The predicted octanol–water partition coefficient (Wildman–Crippen LogP) is 3.83. The van der Waals surface area contributed by atoms with E-state index in [1.807, 2.05) is 0 Å². The summed E-state index contributed by atoms with van der Waals surface area (Å²) >= 11 is 11.5. The second-order valence-corrected chi connectivity index (χ2v) is 4.85. The second kappa shape index (κ2) is 6.43. The van der Waals surface area contributed by atoms with Gasteiger partial charge in [-0.1, -0.05) is 31.5 Å². The van der Waals surface area contributed by atoms with Crippen molar-refractivity contribution in [3.8, 4) is 0 Å². The molecule has 0 heterocycles. The molecule has 0 aliphatic rings. The van der Waals surface area contributed by atoms with Gasteiger partial charge >= 0.3 is 0 Å². The van der Waals surface area contributed by atoms with E-state index in [9.17, 15) is 4.39 Å². The molecule has 1 N–H and O–H groups in total. The molecule has 0 fully saturated rings. The fourth-order valence-corrected chi connectivity index (χ4v) is 2.04. The molecule has 1 rings (SSSR count). The average Bonchev–Trinajstić information content (AvgIpc) is 2.23. The summed E-state index contributed by atoms with van der Waals surface area (Å²) in [5.41, 5.74) is 0.960. The third kappa shape index (κ3) is 3.93. The van der Waals surface area contributed by atoms with Gasteiger partial charge in [0, 0.05) is 18.5 Å². The Kier molecular flexibility index (Phi) is 5.53. The van der Waals surface area contributed by atoms with Crippen LogP contribution in [0.4, 0.5) is 4.39 Å². The smallest absolute Gasteiger partial charge is 0.141 e. The Balaban J connectivity index is 2.57. The maximum absolute atomic E-state index is 12.9. The zero-order valence-corrected chi connectivity index (χ0v) is 10.9. The molecule has 1 aromatic carbocycles. The molecule has 0 aromatic heterocycles. The van der Waals surface area contributed by atoms with E-state index in [1.165, 1.54) is 6.07 Å². The van der Waals surface area contributed by atoms with Crippen LogP contribution in [0.2, 0.25) is 5.02 Å². The zero-order chi connectivity index (χ0) is 12.1. The Hall–Kier alpha value is -0.310. The Morgan fingerprint density at radius 3 is 2.56 bits per heavy atom. The first-order chi connectivity index (χ1) is 7.54. The van der Waals surface area contributed by atoms with Crippen LogP contribution in [-0.2, 0) is 6.54 Å². The van der Waals surface area contributed by atoms with Crippen LogP contribution in [0.5, 0.6) is 0 Å². The molecule has 1 unspecified atom stereocenters. The van der Waals surface area contributed by atoms with Crippen molar-refractivity contribution in [1.82, 2.24) is 5.32 Å². The van der Waals surface area contributed by atoms with Crippen LogP contribution in [0.3, 0.4) is 0 Å². The van der Waals surface area contributed by atoms with E-state index >= 15 is 0 Å². The van der Waals surface area contributed by atoms with Crippen LogP contribution < -0.4 is 5.32 Å². The third-order valence-electron chi connectivity index (χ3n) is 2.52. The van der Waals surface area contributed by atoms with Gasteiger partial charge in [0.2, 0.25) is 0 Å². The monoisotopic (exact) mass is 263 g/mol. The van der Waals surface area contributed by atoms with Crippen LogP contribution in [0.25, 0.3) is 0 Å². The maximum atomic E-state index is 12.9. The van der Waals surface area contributed by atoms with Crippen molar-refractivity contribution in [3.63, 3.8) is 0 Å². The van der Waals surface area contributed by atoms with Gasteiger partial charge < -0.3 is 5.32 Å². The van der Waals surface area contributed by atoms with Gasteiger partial charge in [0.05, 0.1) is 5.02 Å². The van der Waals surface area contributed by atoms with Gasteiger partial charge in [-0.3, -0.25) is 0 Å². The minimum absolute atomic E-state index is 0.159. The SMILES string of the molecule is CC(C)C(CCl)NCc1ccc(F)c(Cl)c1. The average molecular weight is 264 g/mol. The lowest BCUT2D eigenvalue weighted by Gasteiger charge is -2.19. The van der Waals surface area contributed by atoms with Crippen LogP contribution in [0.15, 0.2) is 18.2 Å². The van der Waals surface area contributed by atoms with Crippen LogP contribution >= 0.6 is 23.2 Å². The molecule has 0 radical (unpaired) electrons. The largest absolute Gasteiger partial charge is 0.308 e. The van der Waals surface area contributed by atoms with Crippen molar-refractivity contribution >= 4 is 23.2 Å². The number of rotatable bonds is 5. The Bertz CT molecular complexity index is 342. The second-order valence-electron chi connectivity index (χ2n) is 4.13. The van der Waals surface area contributed by atoms with E-state index in [0.717, 1.165) is 5.56 Å². The first-order valence-electron chi connectivity index (χ1n) is 5.28. The lowest BCUT2D eigenvalue weighted by Crippen LogP contribution is -2.34. The molecular formula is C12H16Cl2FN. The van der Waals surface area contributed by atoms with Crippen LogP contribution in [0.1, 0.15) is 19.4 Å².